The first kappa shape index (κ1) is 12.4. The van der Waals surface area contributed by atoms with E-state index in [0.717, 1.165) is 16.6 Å². The minimum absolute atomic E-state index is 0.334. The standard InChI is InChI=1S/C14H16N2O2/c1-4-18-14(17)11-9-15-12-8-6-5-7-10(12)13(11)16(2)3/h5-9H,4H2,1-3H3. The zero-order valence-corrected chi connectivity index (χ0v) is 10.8. The van der Waals surface area contributed by atoms with Gasteiger partial charge in [0.2, 0.25) is 0 Å². The maximum absolute atomic E-state index is 11.9. The largest absolute Gasteiger partial charge is 0.462 e. The molecule has 1 heterocycles. The van der Waals surface area contributed by atoms with Crippen molar-refractivity contribution in [1.82, 2.24) is 4.98 Å². The molecule has 1 aromatic carbocycles. The van der Waals surface area contributed by atoms with Gasteiger partial charge in [0.15, 0.2) is 0 Å². The van der Waals surface area contributed by atoms with Crippen LogP contribution < -0.4 is 4.90 Å². The van der Waals surface area contributed by atoms with Crippen LogP contribution in [0.25, 0.3) is 10.9 Å². The smallest absolute Gasteiger partial charge is 0.341 e. The molecule has 0 N–H and O–H groups in total. The summed E-state index contributed by atoms with van der Waals surface area (Å²) >= 11 is 0. The first-order chi connectivity index (χ1) is 8.65. The van der Waals surface area contributed by atoms with Crippen LogP contribution in [-0.2, 0) is 4.74 Å². The van der Waals surface area contributed by atoms with Crippen molar-refractivity contribution in [3.63, 3.8) is 0 Å². The van der Waals surface area contributed by atoms with E-state index in [1.54, 1.807) is 13.1 Å². The Bertz CT molecular complexity index is 579. The van der Waals surface area contributed by atoms with E-state index in [-0.39, 0.29) is 5.97 Å². The summed E-state index contributed by atoms with van der Waals surface area (Å²) in [5.74, 6) is -0.334. The van der Waals surface area contributed by atoms with Crippen molar-refractivity contribution in [2.24, 2.45) is 0 Å². The van der Waals surface area contributed by atoms with Gasteiger partial charge >= 0.3 is 5.97 Å². The molecular weight excluding hydrogens is 228 g/mol. The summed E-state index contributed by atoms with van der Waals surface area (Å²) in [6.45, 7) is 2.15. The number of benzene rings is 1. The van der Waals surface area contributed by atoms with E-state index in [4.69, 9.17) is 4.74 Å². The number of pyridine rings is 1. The van der Waals surface area contributed by atoms with Crippen molar-refractivity contribution >= 4 is 22.6 Å². The lowest BCUT2D eigenvalue weighted by Gasteiger charge is -2.18. The van der Waals surface area contributed by atoms with Crippen molar-refractivity contribution in [3.05, 3.63) is 36.0 Å². The summed E-state index contributed by atoms with van der Waals surface area (Å²) in [4.78, 5) is 18.1. The number of fused-ring (bicyclic) bond motifs is 1. The van der Waals surface area contributed by atoms with Crippen LogP contribution in [-0.4, -0.2) is 31.7 Å². The fourth-order valence-corrected chi connectivity index (χ4v) is 1.97. The third-order valence-corrected chi connectivity index (χ3v) is 2.69. The monoisotopic (exact) mass is 244 g/mol. The number of hydrogen-bond acceptors (Lipinski definition) is 4. The van der Waals surface area contributed by atoms with Gasteiger partial charge in [-0.15, -0.1) is 0 Å². The highest BCUT2D eigenvalue weighted by Gasteiger charge is 2.17. The zero-order valence-electron chi connectivity index (χ0n) is 10.8. The number of ether oxygens (including phenoxy) is 1. The lowest BCUT2D eigenvalue weighted by atomic mass is 10.1. The number of hydrogen-bond donors (Lipinski definition) is 0. The minimum Gasteiger partial charge on any atom is -0.462 e. The third kappa shape index (κ3) is 2.14. The quantitative estimate of drug-likeness (QED) is 0.778. The fraction of sp³-hybridized carbons (Fsp3) is 0.286. The highest BCUT2D eigenvalue weighted by Crippen LogP contribution is 2.28. The van der Waals surface area contributed by atoms with Crippen LogP contribution >= 0.6 is 0 Å². The van der Waals surface area contributed by atoms with E-state index < -0.39 is 0 Å². The lowest BCUT2D eigenvalue weighted by molar-refractivity contribution is 0.0527. The maximum Gasteiger partial charge on any atom is 0.341 e. The number of carbonyl (C=O) groups is 1. The van der Waals surface area contributed by atoms with Gasteiger partial charge in [-0.05, 0) is 13.0 Å². The third-order valence-electron chi connectivity index (χ3n) is 2.69. The second-order valence-corrected chi connectivity index (χ2v) is 4.15. The topological polar surface area (TPSA) is 42.4 Å². The Morgan fingerprint density at radius 2 is 2.06 bits per heavy atom. The molecule has 0 bridgehead atoms. The summed E-state index contributed by atoms with van der Waals surface area (Å²) in [7, 11) is 3.81. The van der Waals surface area contributed by atoms with Gasteiger partial charge in [-0.3, -0.25) is 4.98 Å². The van der Waals surface area contributed by atoms with E-state index in [9.17, 15) is 4.79 Å². The van der Waals surface area contributed by atoms with Crippen LogP contribution in [0.5, 0.6) is 0 Å². The van der Waals surface area contributed by atoms with Crippen molar-refractivity contribution in [2.45, 2.75) is 6.92 Å². The van der Waals surface area contributed by atoms with Crippen LogP contribution in [0.3, 0.4) is 0 Å². The molecule has 0 radical (unpaired) electrons. The van der Waals surface area contributed by atoms with Gasteiger partial charge in [0.25, 0.3) is 0 Å². The van der Waals surface area contributed by atoms with E-state index in [1.807, 2.05) is 43.3 Å². The highest BCUT2D eigenvalue weighted by atomic mass is 16.5. The molecule has 2 rings (SSSR count). The molecule has 0 aliphatic rings. The molecule has 0 spiro atoms. The van der Waals surface area contributed by atoms with Crippen molar-refractivity contribution in [2.75, 3.05) is 25.6 Å². The van der Waals surface area contributed by atoms with Crippen LogP contribution in [0.15, 0.2) is 30.5 Å². The molecule has 1 aromatic heterocycles. The van der Waals surface area contributed by atoms with Crippen LogP contribution in [0, 0.1) is 0 Å². The number of carbonyl (C=O) groups excluding carboxylic acids is 1. The van der Waals surface area contributed by atoms with Gasteiger partial charge in [0.05, 0.1) is 17.8 Å². The Morgan fingerprint density at radius 3 is 2.72 bits per heavy atom. The Morgan fingerprint density at radius 1 is 1.33 bits per heavy atom. The second-order valence-electron chi connectivity index (χ2n) is 4.15. The minimum atomic E-state index is -0.334. The average molecular weight is 244 g/mol. The summed E-state index contributed by atoms with van der Waals surface area (Å²) in [6, 6.07) is 7.75. The molecule has 0 saturated carbocycles. The molecule has 0 aliphatic carbocycles. The molecule has 94 valence electrons. The number of aromatic nitrogens is 1. The Kier molecular flexibility index (Phi) is 3.46. The predicted molar refractivity (Wildman–Crippen MR) is 72.0 cm³/mol. The highest BCUT2D eigenvalue weighted by molar-refractivity contribution is 6.05. The molecular formula is C14H16N2O2. The Balaban J connectivity index is 2.66. The van der Waals surface area contributed by atoms with Gasteiger partial charge in [0.1, 0.15) is 5.56 Å². The molecule has 0 amide bonds. The summed E-state index contributed by atoms with van der Waals surface area (Å²) in [5, 5.41) is 0.952. The number of para-hydroxylation sites is 1. The van der Waals surface area contributed by atoms with Gasteiger partial charge in [0, 0.05) is 25.7 Å². The van der Waals surface area contributed by atoms with Crippen molar-refractivity contribution < 1.29 is 9.53 Å². The van der Waals surface area contributed by atoms with Crippen LogP contribution in [0.4, 0.5) is 5.69 Å². The predicted octanol–water partition coefficient (Wildman–Crippen LogP) is 2.48. The Labute approximate surface area is 106 Å². The van der Waals surface area contributed by atoms with E-state index in [1.165, 1.54) is 0 Å². The normalized spacial score (nSPS) is 10.4. The van der Waals surface area contributed by atoms with Crippen molar-refractivity contribution in [3.8, 4) is 0 Å². The van der Waals surface area contributed by atoms with E-state index in [2.05, 4.69) is 4.98 Å². The maximum atomic E-state index is 11.9. The number of esters is 1. The number of nitrogens with zero attached hydrogens (tertiary/aromatic N) is 2. The molecule has 18 heavy (non-hydrogen) atoms. The van der Waals surface area contributed by atoms with Gasteiger partial charge in [-0.25, -0.2) is 4.79 Å². The molecule has 0 fully saturated rings. The Hall–Kier alpha value is -2.10. The van der Waals surface area contributed by atoms with Gasteiger partial charge in [-0.2, -0.15) is 0 Å². The van der Waals surface area contributed by atoms with Gasteiger partial charge in [-0.1, -0.05) is 18.2 Å². The fourth-order valence-electron chi connectivity index (χ4n) is 1.97. The van der Waals surface area contributed by atoms with E-state index >= 15 is 0 Å². The molecule has 0 atom stereocenters. The second kappa shape index (κ2) is 5.04. The number of rotatable bonds is 3. The SMILES string of the molecule is CCOC(=O)c1cnc2ccccc2c1N(C)C. The molecule has 4 nitrogen and oxygen atoms in total. The van der Waals surface area contributed by atoms with Crippen molar-refractivity contribution in [1.29, 1.82) is 0 Å². The molecule has 0 unspecified atom stereocenters. The molecule has 0 saturated heterocycles. The van der Waals surface area contributed by atoms with E-state index in [0.29, 0.717) is 12.2 Å². The summed E-state index contributed by atoms with van der Waals surface area (Å²) < 4.78 is 5.06. The molecule has 0 aliphatic heterocycles. The van der Waals surface area contributed by atoms with Gasteiger partial charge < -0.3 is 9.64 Å². The first-order valence-corrected chi connectivity index (χ1v) is 5.87. The van der Waals surface area contributed by atoms with Crippen LogP contribution in [0.2, 0.25) is 0 Å². The zero-order chi connectivity index (χ0) is 13.1. The molecule has 2 aromatic rings. The van der Waals surface area contributed by atoms with Crippen LogP contribution in [0.1, 0.15) is 17.3 Å². The average Bonchev–Trinajstić information content (AvgIpc) is 2.37. The lowest BCUT2D eigenvalue weighted by Crippen LogP contribution is -2.16. The first-order valence-electron chi connectivity index (χ1n) is 5.87. The molecule has 4 heteroatoms. The number of anilines is 1. The summed E-state index contributed by atoms with van der Waals surface area (Å²) in [6.07, 6.45) is 1.58. The summed E-state index contributed by atoms with van der Waals surface area (Å²) in [5.41, 5.74) is 2.22.